The molecule has 1 aromatic heterocycles. The smallest absolute Gasteiger partial charge is 0.145 e. The van der Waals surface area contributed by atoms with Gasteiger partial charge in [0.25, 0.3) is 0 Å². The Morgan fingerprint density at radius 1 is 0.543 bits per heavy atom. The minimum atomic E-state index is 0.943. The predicted octanol–water partition coefficient (Wildman–Crippen LogP) is 8.47. The highest BCUT2D eigenvalue weighted by molar-refractivity contribution is 5.84. The van der Waals surface area contributed by atoms with Crippen molar-refractivity contribution in [2.24, 2.45) is 0 Å². The van der Waals surface area contributed by atoms with Gasteiger partial charge in [0, 0.05) is 22.6 Å². The van der Waals surface area contributed by atoms with Crippen molar-refractivity contribution >= 4 is 28.1 Å². The molecule has 0 saturated heterocycles. The van der Waals surface area contributed by atoms with E-state index in [0.717, 1.165) is 45.2 Å². The highest BCUT2D eigenvalue weighted by Gasteiger charge is 2.17. The first-order chi connectivity index (χ1) is 17.3. The monoisotopic (exact) mass is 451 g/mol. The summed E-state index contributed by atoms with van der Waals surface area (Å²) in [4.78, 5) is 7.31. The van der Waals surface area contributed by atoms with Crippen LogP contribution >= 0.6 is 0 Å². The van der Waals surface area contributed by atoms with E-state index < -0.39 is 0 Å². The summed E-state index contributed by atoms with van der Waals surface area (Å²) in [5.41, 5.74) is 8.89. The number of rotatable bonds is 5. The summed E-state index contributed by atoms with van der Waals surface area (Å²) >= 11 is 0. The summed E-state index contributed by atoms with van der Waals surface area (Å²) in [5, 5.41) is 0. The van der Waals surface area contributed by atoms with Gasteiger partial charge in [-0.05, 0) is 79.2 Å². The Morgan fingerprint density at radius 3 is 1.74 bits per heavy atom. The molecule has 6 aromatic rings. The van der Waals surface area contributed by atoms with Gasteiger partial charge >= 0.3 is 0 Å². The van der Waals surface area contributed by atoms with Gasteiger partial charge in [-0.15, -0.1) is 0 Å². The van der Waals surface area contributed by atoms with Crippen LogP contribution in [0.25, 0.3) is 28.1 Å². The van der Waals surface area contributed by atoms with Crippen LogP contribution in [0.5, 0.6) is 0 Å². The number of aromatic nitrogens is 2. The third-order valence-corrected chi connectivity index (χ3v) is 6.33. The molecule has 0 aliphatic heterocycles. The van der Waals surface area contributed by atoms with Gasteiger partial charge in [0.15, 0.2) is 0 Å². The molecule has 35 heavy (non-hydrogen) atoms. The third-order valence-electron chi connectivity index (χ3n) is 6.33. The molecule has 0 N–H and O–H groups in total. The second-order valence-corrected chi connectivity index (χ2v) is 8.60. The van der Waals surface area contributed by atoms with Gasteiger partial charge in [0.2, 0.25) is 0 Å². The lowest BCUT2D eigenvalue weighted by molar-refractivity contribution is 1.08. The van der Waals surface area contributed by atoms with Gasteiger partial charge in [0.1, 0.15) is 5.82 Å². The topological polar surface area (TPSA) is 21.1 Å². The lowest BCUT2D eigenvalue weighted by atomic mass is 10.1. The Kier molecular flexibility index (Phi) is 5.36. The number of nitrogens with zero attached hydrogens (tertiary/aromatic N) is 3. The molecule has 0 fully saturated rings. The van der Waals surface area contributed by atoms with E-state index in [4.69, 9.17) is 4.98 Å². The summed E-state index contributed by atoms with van der Waals surface area (Å²) in [5.74, 6) is 0.943. The molecule has 0 atom stereocenters. The van der Waals surface area contributed by atoms with E-state index in [9.17, 15) is 0 Å². The molecular weight excluding hydrogens is 426 g/mol. The lowest BCUT2D eigenvalue weighted by Gasteiger charge is -2.25. The molecule has 0 unspecified atom stereocenters. The number of hydrogen-bond acceptors (Lipinski definition) is 2. The average Bonchev–Trinajstić information content (AvgIpc) is 3.30. The maximum Gasteiger partial charge on any atom is 0.145 e. The van der Waals surface area contributed by atoms with Crippen molar-refractivity contribution in [1.29, 1.82) is 0 Å². The Bertz CT molecular complexity index is 1540. The number of hydrogen-bond donors (Lipinski definition) is 0. The lowest BCUT2D eigenvalue weighted by Crippen LogP contribution is -2.09. The number of imidazole rings is 1. The van der Waals surface area contributed by atoms with Gasteiger partial charge in [0.05, 0.1) is 16.7 Å². The molecular formula is C32H25N3. The van der Waals surface area contributed by atoms with Crippen molar-refractivity contribution in [2.45, 2.75) is 6.92 Å². The van der Waals surface area contributed by atoms with Crippen LogP contribution in [-0.4, -0.2) is 9.55 Å². The zero-order valence-electron chi connectivity index (χ0n) is 19.5. The molecule has 0 bridgehead atoms. The Hall–Kier alpha value is -4.63. The molecule has 5 aromatic carbocycles. The van der Waals surface area contributed by atoms with Crippen LogP contribution in [0.1, 0.15) is 5.56 Å². The molecule has 0 amide bonds. The van der Waals surface area contributed by atoms with E-state index in [0.29, 0.717) is 0 Å². The molecule has 0 aliphatic rings. The second-order valence-electron chi connectivity index (χ2n) is 8.60. The summed E-state index contributed by atoms with van der Waals surface area (Å²) in [6.07, 6.45) is 0. The second kappa shape index (κ2) is 8.96. The van der Waals surface area contributed by atoms with E-state index in [-0.39, 0.29) is 0 Å². The number of benzene rings is 5. The molecule has 0 radical (unpaired) electrons. The molecule has 0 spiro atoms. The first-order valence-electron chi connectivity index (χ1n) is 11.8. The van der Waals surface area contributed by atoms with Gasteiger partial charge in [-0.1, -0.05) is 66.7 Å². The van der Waals surface area contributed by atoms with Crippen LogP contribution in [0.3, 0.4) is 0 Å². The van der Waals surface area contributed by atoms with E-state index in [2.05, 4.69) is 132 Å². The maximum atomic E-state index is 5.04. The van der Waals surface area contributed by atoms with Crippen LogP contribution in [0, 0.1) is 6.92 Å². The van der Waals surface area contributed by atoms with Crippen LogP contribution in [-0.2, 0) is 0 Å². The van der Waals surface area contributed by atoms with Crippen molar-refractivity contribution in [3.63, 3.8) is 0 Å². The zero-order chi connectivity index (χ0) is 23.6. The minimum Gasteiger partial charge on any atom is -0.311 e. The Balaban J connectivity index is 1.48. The average molecular weight is 452 g/mol. The van der Waals surface area contributed by atoms with E-state index in [1.807, 2.05) is 18.2 Å². The number of fused-ring (bicyclic) bond motifs is 1. The van der Waals surface area contributed by atoms with Crippen LogP contribution in [0.15, 0.2) is 133 Å². The number of aryl methyl sites for hydroxylation is 1. The highest BCUT2D eigenvalue weighted by Crippen LogP contribution is 2.36. The largest absolute Gasteiger partial charge is 0.311 e. The normalized spacial score (nSPS) is 11.0. The van der Waals surface area contributed by atoms with Crippen molar-refractivity contribution in [3.05, 3.63) is 139 Å². The molecule has 1 heterocycles. The maximum absolute atomic E-state index is 5.04. The van der Waals surface area contributed by atoms with Crippen molar-refractivity contribution in [2.75, 3.05) is 4.90 Å². The predicted molar refractivity (Wildman–Crippen MR) is 146 cm³/mol. The first-order valence-corrected chi connectivity index (χ1v) is 11.8. The molecule has 6 rings (SSSR count). The Labute approximate surface area is 205 Å². The van der Waals surface area contributed by atoms with Crippen LogP contribution < -0.4 is 4.90 Å². The number of para-hydroxylation sites is 5. The minimum absolute atomic E-state index is 0.943. The van der Waals surface area contributed by atoms with Crippen molar-refractivity contribution < 1.29 is 0 Å². The third kappa shape index (κ3) is 3.87. The van der Waals surface area contributed by atoms with Crippen LogP contribution in [0.2, 0.25) is 0 Å². The fourth-order valence-corrected chi connectivity index (χ4v) is 4.64. The standard InChI is InChI=1S/C32H25N3/c1-24-12-8-10-18-30(24)35-31-19-11-9-17-29(31)33-32(35)25-20-22-28(23-21-25)34(26-13-4-2-5-14-26)27-15-6-3-7-16-27/h2-23H,1H3. The van der Waals surface area contributed by atoms with Gasteiger partial charge < -0.3 is 4.90 Å². The molecule has 0 aliphatic carbocycles. The fourth-order valence-electron chi connectivity index (χ4n) is 4.64. The Morgan fingerprint density at radius 2 is 1.09 bits per heavy atom. The van der Waals surface area contributed by atoms with Crippen molar-refractivity contribution in [1.82, 2.24) is 9.55 Å². The molecule has 168 valence electrons. The van der Waals surface area contributed by atoms with Crippen LogP contribution in [0.4, 0.5) is 17.1 Å². The summed E-state index contributed by atoms with van der Waals surface area (Å²) in [6.45, 7) is 2.15. The first kappa shape index (κ1) is 20.9. The summed E-state index contributed by atoms with van der Waals surface area (Å²) in [7, 11) is 0. The fraction of sp³-hybridized carbons (Fsp3) is 0.0312. The molecule has 3 heteroatoms. The zero-order valence-corrected chi connectivity index (χ0v) is 19.5. The molecule has 0 saturated carbocycles. The van der Waals surface area contributed by atoms with E-state index in [1.165, 1.54) is 5.56 Å². The summed E-state index contributed by atoms with van der Waals surface area (Å²) in [6, 6.07) is 46.4. The highest BCUT2D eigenvalue weighted by atomic mass is 15.1. The van der Waals surface area contributed by atoms with Crippen molar-refractivity contribution in [3.8, 4) is 17.1 Å². The number of anilines is 3. The SMILES string of the molecule is Cc1ccccc1-n1c(-c2ccc(N(c3ccccc3)c3ccccc3)cc2)nc2ccccc21. The van der Waals surface area contributed by atoms with E-state index in [1.54, 1.807) is 0 Å². The molecule has 3 nitrogen and oxygen atoms in total. The quantitative estimate of drug-likeness (QED) is 0.262. The van der Waals surface area contributed by atoms with Gasteiger partial charge in [-0.25, -0.2) is 4.98 Å². The van der Waals surface area contributed by atoms with Gasteiger partial charge in [-0.3, -0.25) is 4.57 Å². The van der Waals surface area contributed by atoms with E-state index >= 15 is 0 Å². The van der Waals surface area contributed by atoms with Gasteiger partial charge in [-0.2, -0.15) is 0 Å². The summed E-state index contributed by atoms with van der Waals surface area (Å²) < 4.78 is 2.27.